The number of aliphatic carboxylic acids is 2. The molecule has 0 radical (unpaired) electrons. The third-order valence-electron chi connectivity index (χ3n) is 5.38. The molecular formula is C16H26N2O10. The number of carbonyl (C=O) groups is 2. The summed E-state index contributed by atoms with van der Waals surface area (Å²) in [5.41, 5.74) is 0. The van der Waals surface area contributed by atoms with E-state index in [-0.39, 0.29) is 24.7 Å². The smallest absolute Gasteiger partial charge is 0.339 e. The summed E-state index contributed by atoms with van der Waals surface area (Å²) in [7, 11) is 0. The summed E-state index contributed by atoms with van der Waals surface area (Å²) in [6, 6.07) is -2.73. The topological polar surface area (TPSA) is 201 Å². The molecule has 4 N–H and O–H groups in total. The lowest BCUT2D eigenvalue weighted by Gasteiger charge is -2.26. The third-order valence-corrected chi connectivity index (χ3v) is 5.38. The van der Waals surface area contributed by atoms with Crippen LogP contribution >= 0.6 is 0 Å². The van der Waals surface area contributed by atoms with Crippen LogP contribution in [0.4, 0.5) is 0 Å². The van der Waals surface area contributed by atoms with Crippen LogP contribution in [-0.2, 0) is 9.59 Å². The number of hydrogen-bond acceptors (Lipinski definition) is 8. The van der Waals surface area contributed by atoms with E-state index in [4.69, 9.17) is 20.4 Å². The van der Waals surface area contributed by atoms with Crippen LogP contribution in [0.3, 0.4) is 0 Å². The largest absolute Gasteiger partial charge is 0.479 e. The predicted molar refractivity (Wildman–Crippen MR) is 92.8 cm³/mol. The van der Waals surface area contributed by atoms with Crippen LogP contribution in [0.2, 0.25) is 0 Å². The predicted octanol–water partition coefficient (Wildman–Crippen LogP) is 0.535. The van der Waals surface area contributed by atoms with Gasteiger partial charge in [-0.2, -0.15) is 0 Å². The van der Waals surface area contributed by atoms with Gasteiger partial charge >= 0.3 is 11.9 Å². The fourth-order valence-electron chi connectivity index (χ4n) is 3.13. The highest BCUT2D eigenvalue weighted by Gasteiger charge is 2.39. The number of carboxylic acids is 2. The Labute approximate surface area is 160 Å². The molecular weight excluding hydrogens is 380 g/mol. The molecule has 28 heavy (non-hydrogen) atoms. The minimum absolute atomic E-state index is 0.167. The number of rotatable bonds is 10. The molecule has 2 rings (SSSR count). The average molecular weight is 406 g/mol. The molecule has 0 aromatic rings. The van der Waals surface area contributed by atoms with Gasteiger partial charge in [-0.1, -0.05) is 38.5 Å². The lowest BCUT2D eigenvalue weighted by Crippen LogP contribution is -2.41. The van der Waals surface area contributed by atoms with E-state index >= 15 is 0 Å². The van der Waals surface area contributed by atoms with Crippen LogP contribution in [0.15, 0.2) is 0 Å². The molecule has 0 aliphatic heterocycles. The Kier molecular flexibility index (Phi) is 9.19. The normalized spacial score (nSPS) is 20.9. The highest BCUT2D eigenvalue weighted by atomic mass is 16.6. The van der Waals surface area contributed by atoms with Gasteiger partial charge in [0.15, 0.2) is 0 Å². The Morgan fingerprint density at radius 3 is 1.21 bits per heavy atom. The minimum atomic E-state index is -1.88. The maximum atomic E-state index is 10.5. The van der Waals surface area contributed by atoms with Crippen molar-refractivity contribution in [3.8, 4) is 0 Å². The fourth-order valence-corrected chi connectivity index (χ4v) is 3.13. The zero-order valence-electron chi connectivity index (χ0n) is 15.3. The first-order chi connectivity index (χ1) is 13.0. The van der Waals surface area contributed by atoms with Gasteiger partial charge in [0.05, 0.1) is 0 Å². The van der Waals surface area contributed by atoms with Crippen molar-refractivity contribution in [2.75, 3.05) is 0 Å². The molecule has 0 heterocycles. The molecule has 2 saturated carbocycles. The monoisotopic (exact) mass is 406 g/mol. The van der Waals surface area contributed by atoms with E-state index in [2.05, 4.69) is 0 Å². The standard InChI is InChI=1S/2C8H13NO5/c2*10-7(8(11)12)6(9(13)14)4-5-2-1-3-5/h2*5-7,10H,1-4H2,(H,11,12)/t6-,7+;6-,7-/m01/s1. The van der Waals surface area contributed by atoms with E-state index in [0.29, 0.717) is 0 Å². The van der Waals surface area contributed by atoms with Crippen molar-refractivity contribution in [3.63, 3.8) is 0 Å². The number of aliphatic hydroxyl groups excluding tert-OH is 2. The van der Waals surface area contributed by atoms with Crippen molar-refractivity contribution < 1.29 is 39.9 Å². The summed E-state index contributed by atoms with van der Waals surface area (Å²) >= 11 is 0. The Bertz CT molecular complexity index is 526. The molecule has 0 aromatic carbocycles. The van der Waals surface area contributed by atoms with Gasteiger partial charge in [0, 0.05) is 22.7 Å². The van der Waals surface area contributed by atoms with E-state index in [1.54, 1.807) is 0 Å². The van der Waals surface area contributed by atoms with Crippen LogP contribution in [0, 0.1) is 32.1 Å². The van der Waals surface area contributed by atoms with Gasteiger partial charge in [-0.15, -0.1) is 0 Å². The number of hydrogen-bond donors (Lipinski definition) is 4. The highest BCUT2D eigenvalue weighted by Crippen LogP contribution is 2.32. The van der Waals surface area contributed by atoms with Crippen LogP contribution in [0.25, 0.3) is 0 Å². The first-order valence-corrected chi connectivity index (χ1v) is 9.13. The van der Waals surface area contributed by atoms with Crippen molar-refractivity contribution in [2.24, 2.45) is 11.8 Å². The van der Waals surface area contributed by atoms with Crippen molar-refractivity contribution in [3.05, 3.63) is 20.2 Å². The van der Waals surface area contributed by atoms with Gasteiger partial charge in [-0.3, -0.25) is 20.2 Å². The molecule has 0 unspecified atom stereocenters. The summed E-state index contributed by atoms with van der Waals surface area (Å²) in [5.74, 6) is -2.63. The fraction of sp³-hybridized carbons (Fsp3) is 0.875. The van der Waals surface area contributed by atoms with E-state index in [1.807, 2.05) is 0 Å². The van der Waals surface area contributed by atoms with Crippen molar-refractivity contribution in [2.45, 2.75) is 75.7 Å². The lowest BCUT2D eigenvalue weighted by molar-refractivity contribution is -0.534. The van der Waals surface area contributed by atoms with E-state index in [0.717, 1.165) is 38.5 Å². The molecule has 0 spiro atoms. The van der Waals surface area contributed by atoms with Gasteiger partial charge in [0.1, 0.15) is 0 Å². The first-order valence-electron chi connectivity index (χ1n) is 9.13. The molecule has 0 saturated heterocycles. The third kappa shape index (κ3) is 7.00. The summed E-state index contributed by atoms with van der Waals surface area (Å²) in [6.45, 7) is 0. The molecule has 12 heteroatoms. The summed E-state index contributed by atoms with van der Waals surface area (Å²) < 4.78 is 0. The first kappa shape index (κ1) is 23.7. The quantitative estimate of drug-likeness (QED) is 0.293. The molecule has 12 nitrogen and oxygen atoms in total. The zero-order valence-corrected chi connectivity index (χ0v) is 15.3. The summed E-state index contributed by atoms with van der Waals surface area (Å²) in [5, 5.41) is 56.1. The van der Waals surface area contributed by atoms with Crippen molar-refractivity contribution in [1.29, 1.82) is 0 Å². The van der Waals surface area contributed by atoms with Gasteiger partial charge in [0.25, 0.3) is 0 Å². The molecule has 2 aliphatic rings. The minimum Gasteiger partial charge on any atom is -0.479 e. The average Bonchev–Trinajstić information content (AvgIpc) is 2.51. The van der Waals surface area contributed by atoms with E-state index in [9.17, 15) is 29.8 Å². The Hall–Kier alpha value is -2.34. The van der Waals surface area contributed by atoms with Crippen LogP contribution in [-0.4, -0.2) is 66.5 Å². The number of nitrogens with zero attached hydrogens (tertiary/aromatic N) is 2. The second-order valence-corrected chi connectivity index (χ2v) is 7.34. The van der Waals surface area contributed by atoms with Gasteiger partial charge in [0.2, 0.25) is 24.3 Å². The molecule has 0 amide bonds. The van der Waals surface area contributed by atoms with Gasteiger partial charge < -0.3 is 20.4 Å². The number of aliphatic hydroxyl groups is 2. The van der Waals surface area contributed by atoms with Crippen molar-refractivity contribution >= 4 is 11.9 Å². The summed E-state index contributed by atoms with van der Waals surface area (Å²) in [4.78, 5) is 40.4. The maximum Gasteiger partial charge on any atom is 0.339 e. The number of nitro groups is 2. The van der Waals surface area contributed by atoms with Crippen LogP contribution in [0.5, 0.6) is 0 Å². The zero-order chi connectivity index (χ0) is 21.4. The molecule has 2 aliphatic carbocycles. The van der Waals surface area contributed by atoms with Gasteiger partial charge in [-0.05, 0) is 11.8 Å². The number of carboxylic acid groups (broad SMARTS) is 2. The second-order valence-electron chi connectivity index (χ2n) is 7.34. The van der Waals surface area contributed by atoms with Crippen LogP contribution < -0.4 is 0 Å². The molecule has 2 fully saturated rings. The Balaban J connectivity index is 0.000000280. The van der Waals surface area contributed by atoms with Crippen LogP contribution in [0.1, 0.15) is 51.4 Å². The SMILES string of the molecule is O=C(O)[C@H](O)[C@@H](CC1CCC1)[N+](=O)[O-].O=C(O)[C@H](O)[C@H](CC1CCC1)[N+](=O)[O-]. The van der Waals surface area contributed by atoms with E-state index < -0.39 is 46.1 Å². The second kappa shape index (κ2) is 10.9. The molecule has 160 valence electrons. The molecule has 4 atom stereocenters. The Morgan fingerprint density at radius 1 is 0.786 bits per heavy atom. The summed E-state index contributed by atoms with van der Waals surface area (Å²) in [6.07, 6.45) is 2.24. The molecule has 0 aromatic heterocycles. The van der Waals surface area contributed by atoms with Crippen molar-refractivity contribution in [1.82, 2.24) is 0 Å². The molecule has 0 bridgehead atoms. The Morgan fingerprint density at radius 2 is 1.07 bits per heavy atom. The van der Waals surface area contributed by atoms with Gasteiger partial charge in [-0.25, -0.2) is 9.59 Å². The van der Waals surface area contributed by atoms with E-state index in [1.165, 1.54) is 0 Å². The highest BCUT2D eigenvalue weighted by molar-refractivity contribution is 5.73. The maximum absolute atomic E-state index is 10.5. The lowest BCUT2D eigenvalue weighted by atomic mass is 9.80.